The molecule has 1 unspecified atom stereocenters. The van der Waals surface area contributed by atoms with E-state index in [-0.39, 0.29) is 0 Å². The first-order valence-electron chi connectivity index (χ1n) is 7.65. The van der Waals surface area contributed by atoms with Gasteiger partial charge < -0.3 is 5.32 Å². The lowest BCUT2D eigenvalue weighted by molar-refractivity contribution is 0.380. The van der Waals surface area contributed by atoms with Crippen molar-refractivity contribution >= 4 is 0 Å². The summed E-state index contributed by atoms with van der Waals surface area (Å²) in [7, 11) is 0. The minimum absolute atomic E-state index is 0.628. The van der Waals surface area contributed by atoms with Gasteiger partial charge in [0.05, 0.1) is 5.69 Å². The second kappa shape index (κ2) is 6.23. The topological polar surface area (TPSA) is 29.9 Å². The molecule has 1 saturated carbocycles. The molecule has 3 rings (SSSR count). The van der Waals surface area contributed by atoms with Gasteiger partial charge >= 0.3 is 0 Å². The first-order chi connectivity index (χ1) is 9.83. The Labute approximate surface area is 121 Å². The quantitative estimate of drug-likeness (QED) is 0.899. The van der Waals surface area contributed by atoms with E-state index in [9.17, 15) is 0 Å². The Bertz CT molecular complexity index is 510. The Morgan fingerprint density at radius 1 is 1.25 bits per heavy atom. The number of rotatable bonds is 5. The van der Waals surface area contributed by atoms with Crippen LogP contribution in [0.4, 0.5) is 0 Å². The molecule has 106 valence electrons. The zero-order valence-corrected chi connectivity index (χ0v) is 12.1. The first-order valence-corrected chi connectivity index (χ1v) is 7.65. The SMILES string of the molecule is CC(NCc1ccc(-n2cccn2)cc1)C1CCCC1. The highest BCUT2D eigenvalue weighted by atomic mass is 15.3. The van der Waals surface area contributed by atoms with E-state index in [0.29, 0.717) is 6.04 Å². The molecule has 3 heteroatoms. The zero-order chi connectivity index (χ0) is 13.8. The normalized spacial score (nSPS) is 17.4. The second-order valence-electron chi connectivity index (χ2n) is 5.83. The van der Waals surface area contributed by atoms with E-state index in [1.165, 1.54) is 31.2 Å². The second-order valence-corrected chi connectivity index (χ2v) is 5.83. The number of nitrogens with one attached hydrogen (secondary N) is 1. The lowest BCUT2D eigenvalue weighted by Gasteiger charge is -2.20. The molecular weight excluding hydrogens is 246 g/mol. The number of nitrogens with zero attached hydrogens (tertiary/aromatic N) is 2. The molecule has 0 aliphatic heterocycles. The van der Waals surface area contributed by atoms with Crippen molar-refractivity contribution in [3.8, 4) is 5.69 Å². The van der Waals surface area contributed by atoms with Crippen molar-refractivity contribution < 1.29 is 0 Å². The summed E-state index contributed by atoms with van der Waals surface area (Å²) < 4.78 is 1.89. The fourth-order valence-electron chi connectivity index (χ4n) is 3.09. The molecule has 1 heterocycles. The summed E-state index contributed by atoms with van der Waals surface area (Å²) in [4.78, 5) is 0. The molecule has 20 heavy (non-hydrogen) atoms. The smallest absolute Gasteiger partial charge is 0.0645 e. The van der Waals surface area contributed by atoms with Gasteiger partial charge in [-0.1, -0.05) is 25.0 Å². The number of benzene rings is 1. The summed E-state index contributed by atoms with van der Waals surface area (Å²) >= 11 is 0. The predicted molar refractivity (Wildman–Crippen MR) is 81.8 cm³/mol. The van der Waals surface area contributed by atoms with Crippen molar-refractivity contribution in [3.63, 3.8) is 0 Å². The largest absolute Gasteiger partial charge is 0.310 e. The first kappa shape index (κ1) is 13.4. The van der Waals surface area contributed by atoms with Crippen LogP contribution in [0.3, 0.4) is 0 Å². The third kappa shape index (κ3) is 3.10. The van der Waals surface area contributed by atoms with Crippen LogP contribution in [0.15, 0.2) is 42.7 Å². The highest BCUT2D eigenvalue weighted by Crippen LogP contribution is 2.27. The van der Waals surface area contributed by atoms with Crippen molar-refractivity contribution in [2.45, 2.75) is 45.2 Å². The van der Waals surface area contributed by atoms with E-state index in [1.54, 1.807) is 6.20 Å². The molecule has 3 nitrogen and oxygen atoms in total. The van der Waals surface area contributed by atoms with Crippen LogP contribution in [-0.4, -0.2) is 15.8 Å². The van der Waals surface area contributed by atoms with Gasteiger partial charge in [0.15, 0.2) is 0 Å². The summed E-state index contributed by atoms with van der Waals surface area (Å²) in [5.41, 5.74) is 2.45. The molecule has 0 saturated heterocycles. The van der Waals surface area contributed by atoms with Gasteiger partial charge in [0.1, 0.15) is 0 Å². The van der Waals surface area contributed by atoms with Crippen LogP contribution in [-0.2, 0) is 6.54 Å². The molecule has 1 aromatic carbocycles. The molecule has 0 amide bonds. The average Bonchev–Trinajstić information content (AvgIpc) is 3.18. The van der Waals surface area contributed by atoms with Gasteiger partial charge in [-0.2, -0.15) is 5.10 Å². The van der Waals surface area contributed by atoms with Crippen molar-refractivity contribution in [2.24, 2.45) is 5.92 Å². The average molecular weight is 269 g/mol. The van der Waals surface area contributed by atoms with Crippen LogP contribution in [0.1, 0.15) is 38.2 Å². The van der Waals surface area contributed by atoms with Crippen molar-refractivity contribution in [3.05, 3.63) is 48.3 Å². The van der Waals surface area contributed by atoms with Crippen molar-refractivity contribution in [1.82, 2.24) is 15.1 Å². The molecule has 1 fully saturated rings. The van der Waals surface area contributed by atoms with Crippen molar-refractivity contribution in [1.29, 1.82) is 0 Å². The summed E-state index contributed by atoms with van der Waals surface area (Å²) in [6.07, 6.45) is 9.39. The van der Waals surface area contributed by atoms with Gasteiger partial charge in [-0.3, -0.25) is 0 Å². The van der Waals surface area contributed by atoms with Gasteiger partial charge in [-0.25, -0.2) is 4.68 Å². The minimum atomic E-state index is 0.628. The van der Waals surface area contributed by atoms with Crippen LogP contribution < -0.4 is 5.32 Å². The maximum atomic E-state index is 4.24. The van der Waals surface area contributed by atoms with E-state index in [0.717, 1.165) is 18.2 Å². The molecule has 1 N–H and O–H groups in total. The lowest BCUT2D eigenvalue weighted by atomic mass is 9.99. The molecule has 1 atom stereocenters. The summed E-state index contributed by atoms with van der Waals surface area (Å²) in [6.45, 7) is 3.28. The summed E-state index contributed by atoms with van der Waals surface area (Å²) in [6, 6.07) is 11.2. The summed E-state index contributed by atoms with van der Waals surface area (Å²) in [5.74, 6) is 0.873. The Morgan fingerprint density at radius 2 is 2.00 bits per heavy atom. The molecule has 2 aromatic rings. The van der Waals surface area contributed by atoms with E-state index in [1.807, 2.05) is 16.9 Å². The number of hydrogen-bond acceptors (Lipinski definition) is 2. The van der Waals surface area contributed by atoms with E-state index < -0.39 is 0 Å². The maximum absolute atomic E-state index is 4.24. The molecule has 0 radical (unpaired) electrons. The maximum Gasteiger partial charge on any atom is 0.0645 e. The fourth-order valence-corrected chi connectivity index (χ4v) is 3.09. The molecular formula is C17H23N3. The predicted octanol–water partition coefficient (Wildman–Crippen LogP) is 3.54. The standard InChI is InChI=1S/C17H23N3/c1-14(16-5-2-3-6-16)18-13-15-7-9-17(10-8-15)20-12-4-11-19-20/h4,7-12,14,16,18H,2-3,5-6,13H2,1H3. The number of aromatic nitrogens is 2. The Morgan fingerprint density at radius 3 is 2.65 bits per heavy atom. The van der Waals surface area contributed by atoms with Gasteiger partial charge in [0.25, 0.3) is 0 Å². The van der Waals surface area contributed by atoms with Crippen LogP contribution in [0.25, 0.3) is 5.69 Å². The highest BCUT2D eigenvalue weighted by molar-refractivity contribution is 5.33. The minimum Gasteiger partial charge on any atom is -0.310 e. The van der Waals surface area contributed by atoms with E-state index in [4.69, 9.17) is 0 Å². The Balaban J connectivity index is 1.55. The highest BCUT2D eigenvalue weighted by Gasteiger charge is 2.20. The zero-order valence-electron chi connectivity index (χ0n) is 12.1. The fraction of sp³-hybridized carbons (Fsp3) is 0.471. The monoisotopic (exact) mass is 269 g/mol. The third-order valence-corrected chi connectivity index (χ3v) is 4.44. The van der Waals surface area contributed by atoms with E-state index in [2.05, 4.69) is 41.6 Å². The van der Waals surface area contributed by atoms with Crippen LogP contribution in [0.2, 0.25) is 0 Å². The molecule has 1 aliphatic carbocycles. The van der Waals surface area contributed by atoms with E-state index >= 15 is 0 Å². The van der Waals surface area contributed by atoms with Crippen LogP contribution >= 0.6 is 0 Å². The third-order valence-electron chi connectivity index (χ3n) is 4.44. The lowest BCUT2D eigenvalue weighted by Crippen LogP contribution is -2.31. The van der Waals surface area contributed by atoms with Gasteiger partial charge in [0, 0.05) is 25.0 Å². The molecule has 0 bridgehead atoms. The molecule has 0 spiro atoms. The summed E-state index contributed by atoms with van der Waals surface area (Å²) in [5, 5.41) is 7.92. The Hall–Kier alpha value is -1.61. The Kier molecular flexibility index (Phi) is 4.16. The van der Waals surface area contributed by atoms with Gasteiger partial charge in [-0.05, 0) is 49.4 Å². The number of hydrogen-bond donors (Lipinski definition) is 1. The van der Waals surface area contributed by atoms with Crippen LogP contribution in [0, 0.1) is 5.92 Å². The van der Waals surface area contributed by atoms with Gasteiger partial charge in [-0.15, -0.1) is 0 Å². The molecule has 1 aromatic heterocycles. The van der Waals surface area contributed by atoms with Gasteiger partial charge in [0.2, 0.25) is 0 Å². The molecule has 1 aliphatic rings. The van der Waals surface area contributed by atoms with Crippen LogP contribution in [0.5, 0.6) is 0 Å². The van der Waals surface area contributed by atoms with Crippen molar-refractivity contribution in [2.75, 3.05) is 0 Å².